The van der Waals surface area contributed by atoms with Gasteiger partial charge in [-0.15, -0.1) is 5.10 Å². The Hall–Kier alpha value is -4.31. The summed E-state index contributed by atoms with van der Waals surface area (Å²) in [5.41, 5.74) is 7.57. The molecule has 2 N–H and O–H groups in total. The number of hydrogen-bond donors (Lipinski definition) is 2. The van der Waals surface area contributed by atoms with Crippen LogP contribution in [0.25, 0.3) is 33.4 Å². The Balaban J connectivity index is 1.19. The second-order valence-electron chi connectivity index (χ2n) is 10.3. The van der Waals surface area contributed by atoms with E-state index in [1.54, 1.807) is 17.1 Å². The number of tetrazole rings is 1. The fraction of sp³-hybridized carbons (Fsp3) is 0.259. The number of pyridine rings is 1. The number of imidazole rings is 1. The molecule has 1 aromatic carbocycles. The number of allylic oxidation sites excluding steroid dienone is 4. The zero-order valence-corrected chi connectivity index (χ0v) is 21.1. The van der Waals surface area contributed by atoms with E-state index in [4.69, 9.17) is 16.6 Å². The molecule has 5 aromatic rings. The van der Waals surface area contributed by atoms with Crippen molar-refractivity contribution in [1.82, 2.24) is 44.9 Å². The van der Waals surface area contributed by atoms with Crippen LogP contribution in [0.15, 0.2) is 58.8 Å². The fourth-order valence-electron chi connectivity index (χ4n) is 6.16. The summed E-state index contributed by atoms with van der Waals surface area (Å²) in [7, 11) is 0. The summed E-state index contributed by atoms with van der Waals surface area (Å²) < 4.78 is 3.57. The zero-order valence-electron chi connectivity index (χ0n) is 20.4. The maximum absolute atomic E-state index is 13.6. The molecule has 1 fully saturated rings. The third kappa shape index (κ3) is 3.19. The van der Waals surface area contributed by atoms with Crippen molar-refractivity contribution in [2.75, 3.05) is 0 Å². The molecule has 0 radical (unpaired) electrons. The van der Waals surface area contributed by atoms with Crippen molar-refractivity contribution in [1.29, 1.82) is 0 Å². The number of nitrogens with zero attached hydrogens (tertiary/aromatic N) is 7. The number of rotatable bonds is 4. The Morgan fingerprint density at radius 1 is 1.13 bits per heavy atom. The molecule has 0 amide bonds. The Labute approximate surface area is 221 Å². The van der Waals surface area contributed by atoms with E-state index in [-0.39, 0.29) is 11.6 Å². The largest absolute Gasteiger partial charge is 0.340 e. The molecule has 188 valence electrons. The van der Waals surface area contributed by atoms with Gasteiger partial charge < -0.3 is 9.55 Å². The fourth-order valence-corrected chi connectivity index (χ4v) is 6.37. The van der Waals surface area contributed by atoms with Crippen molar-refractivity contribution in [3.05, 3.63) is 87.1 Å². The second-order valence-corrected chi connectivity index (χ2v) is 10.8. The number of halogens is 1. The lowest BCUT2D eigenvalue weighted by molar-refractivity contribution is 0.514. The summed E-state index contributed by atoms with van der Waals surface area (Å²) in [6.07, 6.45) is 7.81. The van der Waals surface area contributed by atoms with Gasteiger partial charge in [-0.2, -0.15) is 5.10 Å². The molecule has 10 nitrogen and oxygen atoms in total. The molecular formula is C27H22ClN9O. The van der Waals surface area contributed by atoms with Gasteiger partial charge in [0.25, 0.3) is 5.56 Å². The van der Waals surface area contributed by atoms with E-state index >= 15 is 0 Å². The molecule has 3 aliphatic rings. The molecule has 11 heteroatoms. The van der Waals surface area contributed by atoms with Crippen LogP contribution in [0.1, 0.15) is 54.0 Å². The highest BCUT2D eigenvalue weighted by molar-refractivity contribution is 6.30. The average molecular weight is 524 g/mol. The smallest absolute Gasteiger partial charge is 0.252 e. The third-order valence-electron chi connectivity index (χ3n) is 8.08. The van der Waals surface area contributed by atoms with E-state index in [0.29, 0.717) is 24.7 Å². The molecule has 4 aromatic heterocycles. The number of aromatic nitrogens is 9. The van der Waals surface area contributed by atoms with Gasteiger partial charge in [-0.1, -0.05) is 23.7 Å². The number of nitrogens with one attached hydrogen (secondary N) is 2. The van der Waals surface area contributed by atoms with Gasteiger partial charge in [-0.25, -0.2) is 9.67 Å². The molecule has 0 bridgehead atoms. The minimum Gasteiger partial charge on any atom is -0.340 e. The van der Waals surface area contributed by atoms with Gasteiger partial charge in [0.15, 0.2) is 0 Å². The molecular weight excluding hydrogens is 502 g/mol. The quantitative estimate of drug-likeness (QED) is 0.360. The van der Waals surface area contributed by atoms with Crippen molar-refractivity contribution >= 4 is 33.8 Å². The zero-order chi connectivity index (χ0) is 25.5. The molecule has 0 saturated heterocycles. The van der Waals surface area contributed by atoms with Crippen molar-refractivity contribution < 1.29 is 0 Å². The van der Waals surface area contributed by atoms with E-state index in [1.165, 1.54) is 0 Å². The van der Waals surface area contributed by atoms with Gasteiger partial charge in [-0.05, 0) is 66.3 Å². The SMILES string of the molecule is Cc1[nH]nc2cc(-c3cnc(C4C5CC5c5cc(C6=C(n7cnnn7)CCC(Cl)=C6)cc(=O)n54)[nH]3)ccc12. The predicted molar refractivity (Wildman–Crippen MR) is 142 cm³/mol. The number of H-pyrrole nitrogens is 2. The van der Waals surface area contributed by atoms with Gasteiger partial charge in [0.05, 0.1) is 29.1 Å². The van der Waals surface area contributed by atoms with Crippen molar-refractivity contribution in [2.24, 2.45) is 5.92 Å². The van der Waals surface area contributed by atoms with Gasteiger partial charge in [0.1, 0.15) is 12.2 Å². The van der Waals surface area contributed by atoms with E-state index in [2.05, 4.69) is 55.0 Å². The summed E-state index contributed by atoms with van der Waals surface area (Å²) in [5, 5.41) is 20.9. The highest BCUT2D eigenvalue weighted by Crippen LogP contribution is 2.60. The summed E-state index contributed by atoms with van der Waals surface area (Å²) >= 11 is 6.44. The molecule has 1 aliphatic heterocycles. The number of aromatic amines is 2. The lowest BCUT2D eigenvalue weighted by Gasteiger charge is -2.20. The summed E-state index contributed by atoms with van der Waals surface area (Å²) in [6.45, 7) is 2.01. The summed E-state index contributed by atoms with van der Waals surface area (Å²) in [6, 6.07) is 9.92. The number of benzene rings is 1. The number of aryl methyl sites for hydroxylation is 1. The Morgan fingerprint density at radius 2 is 2.05 bits per heavy atom. The second kappa shape index (κ2) is 7.84. The molecule has 0 spiro atoms. The van der Waals surface area contributed by atoms with Crippen LogP contribution in [0.2, 0.25) is 0 Å². The first-order valence-electron chi connectivity index (χ1n) is 12.6. The number of fused-ring (bicyclic) bond motifs is 4. The first kappa shape index (κ1) is 21.7. The van der Waals surface area contributed by atoms with Crippen molar-refractivity contribution in [3.8, 4) is 11.3 Å². The molecule has 5 heterocycles. The predicted octanol–water partition coefficient (Wildman–Crippen LogP) is 4.40. The van der Waals surface area contributed by atoms with Crippen molar-refractivity contribution in [3.63, 3.8) is 0 Å². The maximum atomic E-state index is 13.6. The van der Waals surface area contributed by atoms with E-state index < -0.39 is 0 Å². The van der Waals surface area contributed by atoms with Crippen LogP contribution in [-0.2, 0) is 0 Å². The number of hydrogen-bond acceptors (Lipinski definition) is 6. The lowest BCUT2D eigenvalue weighted by atomic mass is 9.96. The standard InChI is InChI=1S/C27H22ClN9O/c1-13-17-4-2-14(6-21(17)33-32-13)22-11-29-27(31-22)26-20-10-19(20)24-7-15(8-25(38)37(24)26)18-9-16(28)3-5-23(18)36-12-30-34-35-36/h2,4,6-9,11-12,19-20,26H,3,5,10H2,1H3,(H,29,31)(H,32,33). The monoisotopic (exact) mass is 523 g/mol. The van der Waals surface area contributed by atoms with Crippen LogP contribution in [0.3, 0.4) is 0 Å². The lowest BCUT2D eigenvalue weighted by Crippen LogP contribution is -2.26. The molecule has 2 aliphatic carbocycles. The molecule has 1 saturated carbocycles. The van der Waals surface area contributed by atoms with Crippen LogP contribution in [0, 0.1) is 12.8 Å². The van der Waals surface area contributed by atoms with Crippen LogP contribution in [0.4, 0.5) is 0 Å². The molecule has 3 atom stereocenters. The molecule has 38 heavy (non-hydrogen) atoms. The molecule has 3 unspecified atom stereocenters. The van der Waals surface area contributed by atoms with Gasteiger partial charge >= 0.3 is 0 Å². The highest BCUT2D eigenvalue weighted by Gasteiger charge is 2.54. The van der Waals surface area contributed by atoms with Crippen LogP contribution >= 0.6 is 11.6 Å². The van der Waals surface area contributed by atoms with Crippen molar-refractivity contribution in [2.45, 2.75) is 38.1 Å². The first-order valence-corrected chi connectivity index (χ1v) is 13.0. The van der Waals surface area contributed by atoms with Gasteiger partial charge in [0.2, 0.25) is 0 Å². The first-order chi connectivity index (χ1) is 18.5. The van der Waals surface area contributed by atoms with Gasteiger partial charge in [0, 0.05) is 44.9 Å². The Bertz CT molecular complexity index is 1870. The van der Waals surface area contributed by atoms with Crippen LogP contribution < -0.4 is 5.56 Å². The Kier molecular flexibility index (Phi) is 4.49. The normalized spacial score (nSPS) is 22.1. The topological polar surface area (TPSA) is 123 Å². The Morgan fingerprint density at radius 3 is 2.92 bits per heavy atom. The van der Waals surface area contributed by atoms with Crippen LogP contribution in [-0.4, -0.2) is 44.9 Å². The van der Waals surface area contributed by atoms with Gasteiger partial charge in [-0.3, -0.25) is 9.89 Å². The summed E-state index contributed by atoms with van der Waals surface area (Å²) in [4.78, 5) is 21.9. The van der Waals surface area contributed by atoms with Crippen LogP contribution in [0.5, 0.6) is 0 Å². The minimum atomic E-state index is -0.111. The average Bonchev–Trinajstić information content (AvgIpc) is 3.35. The highest BCUT2D eigenvalue weighted by atomic mass is 35.5. The molecule has 8 rings (SSSR count). The van der Waals surface area contributed by atoms with E-state index in [0.717, 1.165) is 67.7 Å². The minimum absolute atomic E-state index is 0.0419. The van der Waals surface area contributed by atoms with E-state index in [1.807, 2.05) is 23.8 Å². The van der Waals surface area contributed by atoms with E-state index in [9.17, 15) is 4.79 Å². The summed E-state index contributed by atoms with van der Waals surface area (Å²) in [5.74, 6) is 1.50. The third-order valence-corrected chi connectivity index (χ3v) is 8.38. The maximum Gasteiger partial charge on any atom is 0.252 e.